The average Bonchev–Trinajstić information content (AvgIpc) is 3.06. The van der Waals surface area contributed by atoms with Crippen molar-refractivity contribution >= 4 is 24.3 Å². The van der Waals surface area contributed by atoms with Crippen LogP contribution in [0, 0.1) is 11.3 Å². The molecule has 0 spiro atoms. The molecule has 1 aliphatic carbocycles. The monoisotopic (exact) mass is 327 g/mol. The zero-order chi connectivity index (χ0) is 15.0. The number of halogens is 1. The Morgan fingerprint density at radius 3 is 2.73 bits per heavy atom. The van der Waals surface area contributed by atoms with Crippen LogP contribution in [0.3, 0.4) is 0 Å². The Hall–Kier alpha value is -1.14. The quantitative estimate of drug-likeness (QED) is 0.888. The summed E-state index contributed by atoms with van der Waals surface area (Å²) < 4.78 is 1.70. The molecule has 3 rings (SSSR count). The first kappa shape index (κ1) is 17.2. The summed E-state index contributed by atoms with van der Waals surface area (Å²) in [4.78, 5) is 16.8. The number of piperidine rings is 1. The third-order valence-corrected chi connectivity index (χ3v) is 5.19. The zero-order valence-corrected chi connectivity index (χ0v) is 14.4. The van der Waals surface area contributed by atoms with E-state index in [0.29, 0.717) is 11.9 Å². The number of hydrogen-bond acceptors (Lipinski definition) is 4. The smallest absolute Gasteiger partial charge is 0.230 e. The van der Waals surface area contributed by atoms with Crippen LogP contribution in [-0.4, -0.2) is 33.8 Å². The summed E-state index contributed by atoms with van der Waals surface area (Å²) in [7, 11) is 1.85. The maximum atomic E-state index is 12.3. The summed E-state index contributed by atoms with van der Waals surface area (Å²) in [6, 6.07) is 0. The van der Waals surface area contributed by atoms with Crippen LogP contribution in [0.2, 0.25) is 0 Å². The van der Waals surface area contributed by atoms with E-state index in [0.717, 1.165) is 44.6 Å². The highest BCUT2D eigenvalue weighted by molar-refractivity contribution is 5.93. The molecule has 6 nitrogen and oxygen atoms in total. The molecule has 124 valence electrons. The number of aryl methyl sites for hydroxylation is 1. The SMILES string of the molecule is CCC1(C)CC1C(=O)Nc1nc(C2CCNCC2)nn1C.Cl. The molecule has 22 heavy (non-hydrogen) atoms. The van der Waals surface area contributed by atoms with E-state index in [1.54, 1.807) is 4.68 Å². The van der Waals surface area contributed by atoms with Gasteiger partial charge in [-0.1, -0.05) is 13.8 Å². The van der Waals surface area contributed by atoms with E-state index in [4.69, 9.17) is 0 Å². The molecule has 2 unspecified atom stereocenters. The van der Waals surface area contributed by atoms with E-state index in [9.17, 15) is 4.79 Å². The molecule has 1 aromatic rings. The Bertz CT molecular complexity index is 540. The van der Waals surface area contributed by atoms with Crippen LogP contribution < -0.4 is 10.6 Å². The molecule has 2 atom stereocenters. The van der Waals surface area contributed by atoms with Crippen LogP contribution in [0.25, 0.3) is 0 Å². The minimum Gasteiger partial charge on any atom is -0.317 e. The van der Waals surface area contributed by atoms with E-state index in [1.165, 1.54) is 0 Å². The Morgan fingerprint density at radius 1 is 1.45 bits per heavy atom. The fourth-order valence-electron chi connectivity index (χ4n) is 3.17. The van der Waals surface area contributed by atoms with Gasteiger partial charge in [0.1, 0.15) is 0 Å². The molecule has 7 heteroatoms. The minimum absolute atomic E-state index is 0. The number of nitrogens with one attached hydrogen (secondary N) is 2. The average molecular weight is 328 g/mol. The number of carbonyl (C=O) groups excluding carboxylic acids is 1. The summed E-state index contributed by atoms with van der Waals surface area (Å²) >= 11 is 0. The summed E-state index contributed by atoms with van der Waals surface area (Å²) in [5.41, 5.74) is 0.181. The van der Waals surface area contributed by atoms with Gasteiger partial charge < -0.3 is 5.32 Å². The van der Waals surface area contributed by atoms with Crippen LogP contribution in [0.1, 0.15) is 51.3 Å². The van der Waals surface area contributed by atoms with E-state index in [1.807, 2.05) is 7.05 Å². The molecule has 1 saturated carbocycles. The van der Waals surface area contributed by atoms with E-state index < -0.39 is 0 Å². The predicted octanol–water partition coefficient (Wildman–Crippen LogP) is 2.08. The van der Waals surface area contributed by atoms with Crippen LogP contribution >= 0.6 is 12.4 Å². The van der Waals surface area contributed by atoms with Crippen molar-refractivity contribution in [2.45, 2.75) is 45.4 Å². The Labute approximate surface area is 137 Å². The van der Waals surface area contributed by atoms with E-state index >= 15 is 0 Å². The lowest BCUT2D eigenvalue weighted by atomic mass is 9.98. The van der Waals surface area contributed by atoms with Crippen molar-refractivity contribution < 1.29 is 4.79 Å². The molecule has 2 N–H and O–H groups in total. The fraction of sp³-hybridized carbons (Fsp3) is 0.800. The lowest BCUT2D eigenvalue weighted by Gasteiger charge is -2.19. The van der Waals surface area contributed by atoms with Gasteiger partial charge in [0.25, 0.3) is 0 Å². The lowest BCUT2D eigenvalue weighted by Crippen LogP contribution is -2.27. The van der Waals surface area contributed by atoms with Gasteiger partial charge in [0.2, 0.25) is 11.9 Å². The second-order valence-corrected chi connectivity index (χ2v) is 6.70. The summed E-state index contributed by atoms with van der Waals surface area (Å²) in [6.45, 7) is 6.35. The fourth-order valence-corrected chi connectivity index (χ4v) is 3.17. The number of hydrogen-bond donors (Lipinski definition) is 2. The largest absolute Gasteiger partial charge is 0.317 e. The number of anilines is 1. The maximum absolute atomic E-state index is 12.3. The highest BCUT2D eigenvalue weighted by Crippen LogP contribution is 2.55. The van der Waals surface area contributed by atoms with Gasteiger partial charge >= 0.3 is 0 Å². The van der Waals surface area contributed by atoms with Gasteiger partial charge in [-0.15, -0.1) is 12.4 Å². The third kappa shape index (κ3) is 3.27. The number of amides is 1. The molecule has 0 radical (unpaired) electrons. The molecule has 0 aromatic carbocycles. The molecule has 2 heterocycles. The van der Waals surface area contributed by atoms with Crippen molar-refractivity contribution in [3.8, 4) is 0 Å². The first-order chi connectivity index (χ1) is 10.0. The second kappa shape index (κ2) is 6.54. The zero-order valence-electron chi connectivity index (χ0n) is 13.6. The predicted molar refractivity (Wildman–Crippen MR) is 88.2 cm³/mol. The normalized spacial score (nSPS) is 28.0. The number of rotatable bonds is 4. The molecule has 1 aliphatic heterocycles. The Kier molecular flexibility index (Phi) is 5.12. The Morgan fingerprint density at radius 2 is 2.14 bits per heavy atom. The molecule has 1 saturated heterocycles. The molecular formula is C15H26ClN5O. The summed E-state index contributed by atoms with van der Waals surface area (Å²) in [5.74, 6) is 2.07. The third-order valence-electron chi connectivity index (χ3n) is 5.19. The molecule has 0 bridgehead atoms. The van der Waals surface area contributed by atoms with E-state index in [2.05, 4.69) is 34.6 Å². The van der Waals surface area contributed by atoms with Gasteiger partial charge in [0.15, 0.2) is 5.82 Å². The van der Waals surface area contributed by atoms with Gasteiger partial charge in [-0.05, 0) is 44.2 Å². The van der Waals surface area contributed by atoms with Crippen molar-refractivity contribution in [1.82, 2.24) is 20.1 Å². The van der Waals surface area contributed by atoms with Crippen molar-refractivity contribution in [2.24, 2.45) is 18.4 Å². The second-order valence-electron chi connectivity index (χ2n) is 6.70. The van der Waals surface area contributed by atoms with Gasteiger partial charge in [-0.3, -0.25) is 10.1 Å². The van der Waals surface area contributed by atoms with Gasteiger partial charge in [-0.25, -0.2) is 4.68 Å². The highest BCUT2D eigenvalue weighted by Gasteiger charge is 2.53. The molecule has 2 aliphatic rings. The van der Waals surface area contributed by atoms with Crippen LogP contribution in [0.4, 0.5) is 5.95 Å². The van der Waals surface area contributed by atoms with Crippen molar-refractivity contribution in [2.75, 3.05) is 18.4 Å². The topological polar surface area (TPSA) is 71.8 Å². The first-order valence-corrected chi connectivity index (χ1v) is 7.96. The number of nitrogens with zero attached hydrogens (tertiary/aromatic N) is 3. The number of aromatic nitrogens is 3. The molecule has 1 aromatic heterocycles. The molecular weight excluding hydrogens is 302 g/mol. The van der Waals surface area contributed by atoms with Gasteiger partial charge in [0.05, 0.1) is 0 Å². The van der Waals surface area contributed by atoms with E-state index in [-0.39, 0.29) is 29.6 Å². The van der Waals surface area contributed by atoms with Crippen LogP contribution in [-0.2, 0) is 11.8 Å². The Balaban J connectivity index is 0.00000176. The minimum atomic E-state index is 0. The summed E-state index contributed by atoms with van der Waals surface area (Å²) in [5, 5.41) is 10.8. The van der Waals surface area contributed by atoms with Crippen LogP contribution in [0.15, 0.2) is 0 Å². The highest BCUT2D eigenvalue weighted by atomic mass is 35.5. The lowest BCUT2D eigenvalue weighted by molar-refractivity contribution is -0.118. The van der Waals surface area contributed by atoms with Gasteiger partial charge in [0, 0.05) is 18.9 Å². The summed E-state index contributed by atoms with van der Waals surface area (Å²) in [6.07, 6.45) is 4.15. The standard InChI is InChI=1S/C15H25N5O.ClH/c1-4-15(2)9-11(15)13(21)18-14-17-12(19-20(14)3)10-5-7-16-8-6-10;/h10-11,16H,4-9H2,1-3H3,(H,17,18,19,21);1H. The number of carbonyl (C=O) groups is 1. The van der Waals surface area contributed by atoms with Crippen molar-refractivity contribution in [1.29, 1.82) is 0 Å². The van der Waals surface area contributed by atoms with Crippen molar-refractivity contribution in [3.05, 3.63) is 5.82 Å². The van der Waals surface area contributed by atoms with Crippen LogP contribution in [0.5, 0.6) is 0 Å². The van der Waals surface area contributed by atoms with Gasteiger partial charge in [-0.2, -0.15) is 10.1 Å². The first-order valence-electron chi connectivity index (χ1n) is 7.96. The molecule has 1 amide bonds. The van der Waals surface area contributed by atoms with Crippen molar-refractivity contribution in [3.63, 3.8) is 0 Å². The maximum Gasteiger partial charge on any atom is 0.230 e. The molecule has 2 fully saturated rings.